The van der Waals surface area contributed by atoms with Crippen molar-refractivity contribution in [2.24, 2.45) is 7.05 Å². The fourth-order valence-corrected chi connectivity index (χ4v) is 2.78. The topological polar surface area (TPSA) is 44.9 Å². The Labute approximate surface area is 128 Å². The average Bonchev–Trinajstić information content (AvgIpc) is 2.98. The summed E-state index contributed by atoms with van der Waals surface area (Å²) in [5.74, 6) is 2.20. The Balaban J connectivity index is 2.33. The van der Waals surface area contributed by atoms with Crippen LogP contribution in [0, 0.1) is 6.92 Å². The molecule has 1 aromatic carbocycles. The average molecular weight is 305 g/mol. The minimum absolute atomic E-state index is 0.519. The van der Waals surface area contributed by atoms with Crippen molar-refractivity contribution in [3.63, 3.8) is 0 Å². The van der Waals surface area contributed by atoms with Gasteiger partial charge in [0.15, 0.2) is 0 Å². The summed E-state index contributed by atoms with van der Waals surface area (Å²) in [5, 5.41) is 4.42. The summed E-state index contributed by atoms with van der Waals surface area (Å²) < 4.78 is 9.34. The third-order valence-corrected chi connectivity index (χ3v) is 3.67. The van der Waals surface area contributed by atoms with Crippen LogP contribution in [0.4, 0.5) is 0 Å². The standard InChI is InChI=1S/C15H17ClN4O/c1-10-12(9-19(2)18-10)20-11-5-4-6-13(21-3)15(11)17-14(20)7-8-16/h4-6,9H,7-8H2,1-3H3. The number of hydrogen-bond donors (Lipinski definition) is 0. The summed E-state index contributed by atoms with van der Waals surface area (Å²) >= 11 is 5.94. The second-order valence-corrected chi connectivity index (χ2v) is 5.28. The van der Waals surface area contributed by atoms with Crippen LogP contribution in [0.3, 0.4) is 0 Å². The summed E-state index contributed by atoms with van der Waals surface area (Å²) in [6, 6.07) is 5.92. The smallest absolute Gasteiger partial charge is 0.146 e. The van der Waals surface area contributed by atoms with Crippen molar-refractivity contribution in [2.45, 2.75) is 13.3 Å². The van der Waals surface area contributed by atoms with Gasteiger partial charge in [-0.15, -0.1) is 11.6 Å². The molecule has 0 aliphatic rings. The van der Waals surface area contributed by atoms with Gasteiger partial charge in [0.2, 0.25) is 0 Å². The number of halogens is 1. The Kier molecular flexibility index (Phi) is 3.59. The lowest BCUT2D eigenvalue weighted by molar-refractivity contribution is 0.419. The number of rotatable bonds is 4. The predicted octanol–water partition coefficient (Wildman–Crippen LogP) is 2.86. The normalized spacial score (nSPS) is 11.2. The summed E-state index contributed by atoms with van der Waals surface area (Å²) in [5.41, 5.74) is 3.83. The minimum Gasteiger partial charge on any atom is -0.494 e. The number of nitrogens with zero attached hydrogens (tertiary/aromatic N) is 4. The van der Waals surface area contributed by atoms with E-state index in [-0.39, 0.29) is 0 Å². The van der Waals surface area contributed by atoms with E-state index in [4.69, 9.17) is 21.3 Å². The quantitative estimate of drug-likeness (QED) is 0.696. The van der Waals surface area contributed by atoms with Crippen molar-refractivity contribution in [1.82, 2.24) is 19.3 Å². The molecule has 0 aliphatic carbocycles. The molecule has 2 aromatic heterocycles. The van der Waals surface area contributed by atoms with Crippen molar-refractivity contribution in [3.05, 3.63) is 35.9 Å². The van der Waals surface area contributed by atoms with E-state index in [1.54, 1.807) is 11.8 Å². The summed E-state index contributed by atoms with van der Waals surface area (Å²) in [6.07, 6.45) is 2.68. The Morgan fingerprint density at radius 1 is 1.33 bits per heavy atom. The number of hydrogen-bond acceptors (Lipinski definition) is 3. The van der Waals surface area contributed by atoms with Crippen LogP contribution in [0.15, 0.2) is 24.4 Å². The number of imidazole rings is 1. The zero-order valence-corrected chi connectivity index (χ0v) is 13.1. The lowest BCUT2D eigenvalue weighted by Gasteiger charge is -2.07. The van der Waals surface area contributed by atoms with Gasteiger partial charge in [-0.1, -0.05) is 6.07 Å². The van der Waals surface area contributed by atoms with Gasteiger partial charge in [0.1, 0.15) is 17.1 Å². The van der Waals surface area contributed by atoms with Crippen molar-refractivity contribution < 1.29 is 4.74 Å². The third-order valence-electron chi connectivity index (χ3n) is 3.48. The SMILES string of the molecule is COc1cccc2c1nc(CCCl)n2-c1cn(C)nc1C. The summed E-state index contributed by atoms with van der Waals surface area (Å²) in [7, 11) is 3.57. The van der Waals surface area contributed by atoms with Crippen LogP contribution in [-0.4, -0.2) is 32.3 Å². The zero-order chi connectivity index (χ0) is 15.0. The number of methoxy groups -OCH3 is 1. The molecule has 0 bridgehead atoms. The van der Waals surface area contributed by atoms with E-state index in [1.165, 1.54) is 0 Å². The molecule has 21 heavy (non-hydrogen) atoms. The third kappa shape index (κ3) is 2.27. The number of benzene rings is 1. The number of aromatic nitrogens is 4. The maximum atomic E-state index is 5.94. The number of para-hydroxylation sites is 1. The molecule has 0 fully saturated rings. The first-order valence-electron chi connectivity index (χ1n) is 6.76. The van der Waals surface area contributed by atoms with Gasteiger partial charge in [0.25, 0.3) is 0 Å². The van der Waals surface area contributed by atoms with Gasteiger partial charge in [0.05, 0.1) is 24.0 Å². The molecule has 0 saturated heterocycles. The molecule has 3 aromatic rings. The molecule has 0 atom stereocenters. The second kappa shape index (κ2) is 5.41. The van der Waals surface area contributed by atoms with Crippen LogP contribution in [0.25, 0.3) is 16.7 Å². The molecule has 0 N–H and O–H groups in total. The second-order valence-electron chi connectivity index (χ2n) is 4.90. The first-order valence-corrected chi connectivity index (χ1v) is 7.30. The highest BCUT2D eigenvalue weighted by Crippen LogP contribution is 2.29. The molecule has 5 nitrogen and oxygen atoms in total. The largest absolute Gasteiger partial charge is 0.494 e. The molecule has 0 saturated carbocycles. The van der Waals surface area contributed by atoms with Crippen molar-refractivity contribution in [2.75, 3.05) is 13.0 Å². The number of ether oxygens (including phenoxy) is 1. The van der Waals surface area contributed by atoms with Gasteiger partial charge < -0.3 is 4.74 Å². The van der Waals surface area contributed by atoms with Crippen LogP contribution >= 0.6 is 11.6 Å². The molecule has 110 valence electrons. The number of alkyl halides is 1. The van der Waals surface area contributed by atoms with E-state index >= 15 is 0 Å². The highest BCUT2D eigenvalue weighted by Gasteiger charge is 2.17. The van der Waals surface area contributed by atoms with Gasteiger partial charge >= 0.3 is 0 Å². The summed E-state index contributed by atoms with van der Waals surface area (Å²) in [6.45, 7) is 1.99. The van der Waals surface area contributed by atoms with E-state index in [9.17, 15) is 0 Å². The Hall–Kier alpha value is -2.01. The molecular weight excluding hydrogens is 288 g/mol. The molecule has 3 rings (SSSR count). The van der Waals surface area contributed by atoms with E-state index in [1.807, 2.05) is 38.4 Å². The molecule has 0 aliphatic heterocycles. The monoisotopic (exact) mass is 304 g/mol. The molecule has 0 radical (unpaired) electrons. The maximum absolute atomic E-state index is 5.94. The molecule has 0 amide bonds. The molecule has 0 spiro atoms. The van der Waals surface area contributed by atoms with E-state index in [0.717, 1.165) is 34.0 Å². The number of fused-ring (bicyclic) bond motifs is 1. The van der Waals surface area contributed by atoms with Crippen molar-refractivity contribution in [3.8, 4) is 11.4 Å². The molecule has 2 heterocycles. The minimum atomic E-state index is 0.519. The first kappa shape index (κ1) is 13.9. The molecular formula is C15H17ClN4O. The lowest BCUT2D eigenvalue weighted by atomic mass is 10.3. The van der Waals surface area contributed by atoms with Gasteiger partial charge in [-0.25, -0.2) is 4.98 Å². The lowest BCUT2D eigenvalue weighted by Crippen LogP contribution is -2.02. The van der Waals surface area contributed by atoms with Crippen LogP contribution in [0.1, 0.15) is 11.5 Å². The van der Waals surface area contributed by atoms with Crippen LogP contribution < -0.4 is 4.74 Å². The van der Waals surface area contributed by atoms with E-state index in [0.29, 0.717) is 12.3 Å². The van der Waals surface area contributed by atoms with Crippen molar-refractivity contribution >= 4 is 22.6 Å². The predicted molar refractivity (Wildman–Crippen MR) is 83.5 cm³/mol. The van der Waals surface area contributed by atoms with Gasteiger partial charge in [-0.3, -0.25) is 9.25 Å². The number of aryl methyl sites for hydroxylation is 3. The van der Waals surface area contributed by atoms with Crippen LogP contribution in [-0.2, 0) is 13.5 Å². The first-order chi connectivity index (χ1) is 10.2. The Bertz CT molecular complexity index is 790. The maximum Gasteiger partial charge on any atom is 0.146 e. The highest BCUT2D eigenvalue weighted by molar-refractivity contribution is 6.18. The van der Waals surface area contributed by atoms with Crippen LogP contribution in [0.5, 0.6) is 5.75 Å². The van der Waals surface area contributed by atoms with Crippen LogP contribution in [0.2, 0.25) is 0 Å². The fraction of sp³-hybridized carbons (Fsp3) is 0.333. The fourth-order valence-electron chi connectivity index (χ4n) is 2.61. The zero-order valence-electron chi connectivity index (χ0n) is 12.3. The van der Waals surface area contributed by atoms with Gasteiger partial charge in [-0.05, 0) is 19.1 Å². The highest BCUT2D eigenvalue weighted by atomic mass is 35.5. The molecule has 0 unspecified atom stereocenters. The Morgan fingerprint density at radius 3 is 2.76 bits per heavy atom. The Morgan fingerprint density at radius 2 is 2.14 bits per heavy atom. The van der Waals surface area contributed by atoms with Gasteiger partial charge in [-0.2, -0.15) is 5.10 Å². The summed E-state index contributed by atoms with van der Waals surface area (Å²) in [4.78, 5) is 4.72. The van der Waals surface area contributed by atoms with E-state index in [2.05, 4.69) is 9.67 Å². The van der Waals surface area contributed by atoms with E-state index < -0.39 is 0 Å². The van der Waals surface area contributed by atoms with Gasteiger partial charge in [0, 0.05) is 25.5 Å². The molecule has 6 heteroatoms. The van der Waals surface area contributed by atoms with Crippen molar-refractivity contribution in [1.29, 1.82) is 0 Å².